The van der Waals surface area contributed by atoms with Gasteiger partial charge in [0.25, 0.3) is 11.5 Å². The van der Waals surface area contributed by atoms with Gasteiger partial charge in [0, 0.05) is 5.56 Å². The average molecular weight is 231 g/mol. The second kappa shape index (κ2) is 5.30. The van der Waals surface area contributed by atoms with Crippen LogP contribution in [0, 0.1) is 0 Å². The molecule has 86 valence electrons. The van der Waals surface area contributed by atoms with Crippen LogP contribution in [0.1, 0.15) is 16.1 Å². The van der Waals surface area contributed by atoms with Crippen molar-refractivity contribution in [3.8, 4) is 0 Å². The fourth-order valence-corrected chi connectivity index (χ4v) is 1.61. The fraction of sp³-hybridized carbons (Fsp3) is 0.154. The summed E-state index contributed by atoms with van der Waals surface area (Å²) in [6.07, 6.45) is 4.65. The van der Waals surface area contributed by atoms with Crippen LogP contribution in [0.5, 0.6) is 0 Å². The van der Waals surface area contributed by atoms with Gasteiger partial charge in [0.15, 0.2) is 19.4 Å². The Morgan fingerprint density at radius 2 is 2.06 bits per heavy atom. The molecule has 0 bridgehead atoms. The molecular weight excluding hydrogens is 219 g/mol. The summed E-state index contributed by atoms with van der Waals surface area (Å²) < 4.78 is 14.1. The minimum atomic E-state index is -1.000. The van der Waals surface area contributed by atoms with Gasteiger partial charge in [-0.15, -0.1) is 0 Å². The highest BCUT2D eigenvalue weighted by Gasteiger charge is 2.18. The van der Waals surface area contributed by atoms with Crippen LogP contribution >= 0.6 is 0 Å². The SMILES string of the molecule is O=C(CF)c1cncc[n+]1Cc1ccccc1. The average Bonchev–Trinajstić information content (AvgIpc) is 2.40. The molecule has 1 aromatic carbocycles. The van der Waals surface area contributed by atoms with Crippen molar-refractivity contribution in [2.75, 3.05) is 6.67 Å². The van der Waals surface area contributed by atoms with Crippen molar-refractivity contribution in [2.45, 2.75) is 6.54 Å². The standard InChI is InChI=1S/C13H12FN2O/c14-8-13(17)12-9-15-6-7-16(12)10-11-4-2-1-3-5-11/h1-7,9H,8,10H2/q+1. The minimum absolute atomic E-state index is 0.291. The molecule has 0 spiro atoms. The molecule has 4 heteroatoms. The zero-order valence-electron chi connectivity index (χ0n) is 9.21. The van der Waals surface area contributed by atoms with Crippen molar-refractivity contribution in [3.63, 3.8) is 0 Å². The Morgan fingerprint density at radius 1 is 1.29 bits per heavy atom. The maximum absolute atomic E-state index is 12.4. The third-order valence-corrected chi connectivity index (χ3v) is 2.44. The smallest absolute Gasteiger partial charge is 0.270 e. The highest BCUT2D eigenvalue weighted by atomic mass is 19.1. The zero-order valence-corrected chi connectivity index (χ0v) is 9.21. The molecule has 0 N–H and O–H groups in total. The van der Waals surface area contributed by atoms with Gasteiger partial charge in [-0.1, -0.05) is 30.3 Å². The van der Waals surface area contributed by atoms with Crippen molar-refractivity contribution in [1.82, 2.24) is 4.98 Å². The van der Waals surface area contributed by atoms with Gasteiger partial charge >= 0.3 is 0 Å². The number of rotatable bonds is 4. The van der Waals surface area contributed by atoms with Crippen molar-refractivity contribution < 1.29 is 13.8 Å². The van der Waals surface area contributed by atoms with Gasteiger partial charge in [-0.05, 0) is 0 Å². The van der Waals surface area contributed by atoms with E-state index in [2.05, 4.69) is 4.98 Å². The lowest BCUT2D eigenvalue weighted by molar-refractivity contribution is -0.690. The number of carbonyl (C=O) groups is 1. The number of Topliss-reactive ketones (excluding diaryl/α,β-unsaturated/α-hetero) is 1. The topological polar surface area (TPSA) is 33.8 Å². The number of hydrogen-bond acceptors (Lipinski definition) is 2. The van der Waals surface area contributed by atoms with Crippen molar-refractivity contribution >= 4 is 5.78 Å². The van der Waals surface area contributed by atoms with Crippen LogP contribution in [0.25, 0.3) is 0 Å². The van der Waals surface area contributed by atoms with E-state index in [0.29, 0.717) is 12.2 Å². The summed E-state index contributed by atoms with van der Waals surface area (Å²) in [5.74, 6) is -0.547. The molecule has 2 rings (SSSR count). The Kier molecular flexibility index (Phi) is 3.55. The predicted octanol–water partition coefficient (Wildman–Crippen LogP) is 1.57. The molecule has 0 fully saturated rings. The number of aromatic nitrogens is 2. The van der Waals surface area contributed by atoms with Gasteiger partial charge in [-0.2, -0.15) is 4.57 Å². The van der Waals surface area contributed by atoms with Crippen molar-refractivity contribution in [2.24, 2.45) is 0 Å². The lowest BCUT2D eigenvalue weighted by Crippen LogP contribution is -2.41. The van der Waals surface area contributed by atoms with E-state index in [-0.39, 0.29) is 0 Å². The number of nitrogens with zero attached hydrogens (tertiary/aromatic N) is 2. The molecule has 0 aliphatic heterocycles. The quantitative estimate of drug-likeness (QED) is 0.591. The molecule has 0 aliphatic carbocycles. The summed E-state index contributed by atoms with van der Waals surface area (Å²) >= 11 is 0. The van der Waals surface area contributed by atoms with Crippen LogP contribution < -0.4 is 4.57 Å². The summed E-state index contributed by atoms with van der Waals surface area (Å²) in [6, 6.07) is 9.68. The fourth-order valence-electron chi connectivity index (χ4n) is 1.61. The number of halogens is 1. The van der Waals surface area contributed by atoms with Crippen molar-refractivity contribution in [1.29, 1.82) is 0 Å². The Balaban J connectivity index is 2.30. The summed E-state index contributed by atoms with van der Waals surface area (Å²) in [4.78, 5) is 15.2. The Morgan fingerprint density at radius 3 is 2.76 bits per heavy atom. The van der Waals surface area contributed by atoms with Crippen LogP contribution in [0.2, 0.25) is 0 Å². The van der Waals surface area contributed by atoms with Gasteiger partial charge in [-0.25, -0.2) is 4.39 Å². The Hall–Kier alpha value is -2.10. The van der Waals surface area contributed by atoms with E-state index in [1.165, 1.54) is 6.20 Å². The molecule has 0 radical (unpaired) electrons. The normalized spacial score (nSPS) is 10.2. The number of benzene rings is 1. The molecule has 0 amide bonds. The van der Waals surface area contributed by atoms with E-state index in [9.17, 15) is 9.18 Å². The first-order chi connectivity index (χ1) is 8.31. The van der Waals surface area contributed by atoms with E-state index in [0.717, 1.165) is 5.56 Å². The van der Waals surface area contributed by atoms with Crippen LogP contribution in [0.15, 0.2) is 48.9 Å². The van der Waals surface area contributed by atoms with E-state index in [1.54, 1.807) is 17.0 Å². The molecule has 1 aromatic heterocycles. The maximum atomic E-state index is 12.4. The van der Waals surface area contributed by atoms with Gasteiger partial charge in [0.2, 0.25) is 0 Å². The number of ketones is 1. The van der Waals surface area contributed by atoms with E-state index in [4.69, 9.17) is 0 Å². The third kappa shape index (κ3) is 2.72. The first-order valence-corrected chi connectivity index (χ1v) is 5.28. The molecule has 1 heterocycles. The van der Waals surface area contributed by atoms with E-state index < -0.39 is 12.5 Å². The second-order valence-electron chi connectivity index (χ2n) is 3.63. The van der Waals surface area contributed by atoms with Gasteiger partial charge in [0.1, 0.15) is 6.20 Å². The molecule has 2 aromatic rings. The Labute approximate surface area is 98.6 Å². The van der Waals surface area contributed by atoms with Crippen LogP contribution in [0.3, 0.4) is 0 Å². The monoisotopic (exact) mass is 231 g/mol. The number of hydrogen-bond donors (Lipinski definition) is 0. The molecule has 0 atom stereocenters. The lowest BCUT2D eigenvalue weighted by atomic mass is 10.2. The third-order valence-electron chi connectivity index (χ3n) is 2.44. The number of alkyl halides is 1. The van der Waals surface area contributed by atoms with E-state index >= 15 is 0 Å². The van der Waals surface area contributed by atoms with Gasteiger partial charge < -0.3 is 0 Å². The lowest BCUT2D eigenvalue weighted by Gasteiger charge is -2.01. The molecular formula is C13H12FN2O+. The first kappa shape index (κ1) is 11.4. The molecule has 3 nitrogen and oxygen atoms in total. The molecule has 0 saturated heterocycles. The minimum Gasteiger partial charge on any atom is -0.284 e. The second-order valence-corrected chi connectivity index (χ2v) is 3.63. The molecule has 17 heavy (non-hydrogen) atoms. The summed E-state index contributed by atoms with van der Waals surface area (Å²) in [7, 11) is 0. The van der Waals surface area contributed by atoms with Crippen LogP contribution in [0.4, 0.5) is 4.39 Å². The maximum Gasteiger partial charge on any atom is 0.270 e. The van der Waals surface area contributed by atoms with E-state index in [1.807, 2.05) is 30.3 Å². The highest BCUT2D eigenvalue weighted by molar-refractivity contribution is 5.93. The largest absolute Gasteiger partial charge is 0.284 e. The van der Waals surface area contributed by atoms with Crippen molar-refractivity contribution in [3.05, 3.63) is 60.2 Å². The molecule has 0 aliphatic rings. The summed E-state index contributed by atoms with van der Waals surface area (Å²) in [6.45, 7) is -0.467. The number of carbonyl (C=O) groups excluding carboxylic acids is 1. The van der Waals surface area contributed by atoms with Crippen LogP contribution in [-0.4, -0.2) is 17.4 Å². The molecule has 0 unspecified atom stereocenters. The zero-order chi connectivity index (χ0) is 12.1. The first-order valence-electron chi connectivity index (χ1n) is 5.28. The van der Waals surface area contributed by atoms with Crippen LogP contribution in [-0.2, 0) is 6.54 Å². The highest BCUT2D eigenvalue weighted by Crippen LogP contribution is 1.99. The summed E-state index contributed by atoms with van der Waals surface area (Å²) in [5, 5.41) is 0. The van der Waals surface area contributed by atoms with Gasteiger partial charge in [-0.3, -0.25) is 9.78 Å². The summed E-state index contributed by atoms with van der Waals surface area (Å²) in [5.41, 5.74) is 1.34. The molecule has 0 saturated carbocycles. The van der Waals surface area contributed by atoms with Gasteiger partial charge in [0.05, 0.1) is 6.20 Å². The predicted molar refractivity (Wildman–Crippen MR) is 60.3 cm³/mol. The Bertz CT molecular complexity index is 514.